The van der Waals surface area contributed by atoms with Crippen LogP contribution in [-0.2, 0) is 6.54 Å². The highest BCUT2D eigenvalue weighted by atomic mass is 16.2. The van der Waals surface area contributed by atoms with Gasteiger partial charge < -0.3 is 15.0 Å². The molecule has 0 atom stereocenters. The number of carbonyl (C=O) groups excluding carboxylic acids is 1. The molecule has 0 radical (unpaired) electrons. The van der Waals surface area contributed by atoms with Crippen LogP contribution < -0.4 is 5.73 Å². The van der Waals surface area contributed by atoms with Crippen LogP contribution in [-0.4, -0.2) is 46.3 Å². The van der Waals surface area contributed by atoms with E-state index in [1.165, 1.54) is 0 Å². The predicted molar refractivity (Wildman–Crippen MR) is 122 cm³/mol. The summed E-state index contributed by atoms with van der Waals surface area (Å²) in [5.74, 6) is 1.14. The molecule has 0 unspecified atom stereocenters. The van der Waals surface area contributed by atoms with Crippen molar-refractivity contribution in [3.05, 3.63) is 65.9 Å². The molecule has 4 aromatic heterocycles. The fraction of sp³-hybridized carbons (Fsp3) is 0.261. The second kappa shape index (κ2) is 7.60. The van der Waals surface area contributed by atoms with Gasteiger partial charge in [0.1, 0.15) is 11.5 Å². The van der Waals surface area contributed by atoms with E-state index in [4.69, 9.17) is 5.73 Å². The van der Waals surface area contributed by atoms with Gasteiger partial charge in [0.25, 0.3) is 5.91 Å². The number of hydrogen-bond donors (Lipinski definition) is 1. The number of rotatable bonds is 5. The van der Waals surface area contributed by atoms with Crippen LogP contribution in [0.2, 0.25) is 0 Å². The first-order valence-corrected chi connectivity index (χ1v) is 10.5. The van der Waals surface area contributed by atoms with E-state index in [-0.39, 0.29) is 5.91 Å². The molecular formula is C23H24N8O. The first kappa shape index (κ1) is 19.9. The Balaban J connectivity index is 1.53. The molecule has 162 valence electrons. The summed E-state index contributed by atoms with van der Waals surface area (Å²) in [7, 11) is 0. The summed E-state index contributed by atoms with van der Waals surface area (Å²) in [6, 6.07) is 11.2. The number of pyridine rings is 1. The highest BCUT2D eigenvalue weighted by Gasteiger charge is 2.20. The Morgan fingerprint density at radius 1 is 1.16 bits per heavy atom. The van der Waals surface area contributed by atoms with Gasteiger partial charge >= 0.3 is 0 Å². The molecule has 4 heterocycles. The number of amides is 1. The zero-order valence-electron chi connectivity index (χ0n) is 18.2. The van der Waals surface area contributed by atoms with Crippen molar-refractivity contribution in [2.45, 2.75) is 27.3 Å². The number of fused-ring (bicyclic) bond motifs is 4. The second-order valence-corrected chi connectivity index (χ2v) is 8.37. The lowest BCUT2D eigenvalue weighted by atomic mass is 10.1. The lowest BCUT2D eigenvalue weighted by Gasteiger charge is -2.24. The molecule has 0 aliphatic rings. The summed E-state index contributed by atoms with van der Waals surface area (Å²) in [5.41, 5.74) is 10.1. The fourth-order valence-electron chi connectivity index (χ4n) is 3.95. The zero-order chi connectivity index (χ0) is 22.4. The van der Waals surface area contributed by atoms with Crippen molar-refractivity contribution in [2.75, 3.05) is 12.3 Å². The monoisotopic (exact) mass is 428 g/mol. The van der Waals surface area contributed by atoms with Crippen molar-refractivity contribution >= 4 is 34.1 Å². The zero-order valence-corrected chi connectivity index (χ0v) is 18.2. The Hall–Kier alpha value is -4.01. The third kappa shape index (κ3) is 3.51. The quantitative estimate of drug-likeness (QED) is 0.461. The molecule has 0 spiro atoms. The van der Waals surface area contributed by atoms with Gasteiger partial charge in [-0.3, -0.25) is 4.79 Å². The van der Waals surface area contributed by atoms with Crippen LogP contribution in [0.4, 0.5) is 5.82 Å². The standard InChI is InChI=1S/C23H24N8O/c1-14(2)11-30(13-17-12-29-9-5-4-6-20(29)26-17)23(32)16-7-8-18-19(10-16)31-22(21(24)27-18)25-15(3)28-31/h4-10,12,14H,11,13H2,1-3H3,(H2,24,27). The van der Waals surface area contributed by atoms with Crippen molar-refractivity contribution in [1.29, 1.82) is 0 Å². The molecular weight excluding hydrogens is 404 g/mol. The number of nitrogens with two attached hydrogens (primary N) is 1. The van der Waals surface area contributed by atoms with Crippen LogP contribution in [0.1, 0.15) is 35.7 Å². The van der Waals surface area contributed by atoms with Crippen LogP contribution in [0.5, 0.6) is 0 Å². The van der Waals surface area contributed by atoms with Crippen LogP contribution in [0.3, 0.4) is 0 Å². The van der Waals surface area contributed by atoms with Crippen molar-refractivity contribution in [1.82, 2.24) is 33.9 Å². The molecule has 0 saturated carbocycles. The van der Waals surface area contributed by atoms with Gasteiger partial charge in [0, 0.05) is 24.5 Å². The topological polar surface area (TPSA) is 107 Å². The number of aryl methyl sites for hydroxylation is 1. The molecule has 9 heteroatoms. The summed E-state index contributed by atoms with van der Waals surface area (Å²) in [4.78, 5) is 28.8. The van der Waals surface area contributed by atoms with E-state index in [0.29, 0.717) is 52.9 Å². The van der Waals surface area contributed by atoms with Crippen molar-refractivity contribution in [3.63, 3.8) is 0 Å². The fourth-order valence-corrected chi connectivity index (χ4v) is 3.95. The number of anilines is 1. The van der Waals surface area contributed by atoms with Crippen LogP contribution in [0, 0.1) is 12.8 Å². The molecule has 0 aliphatic carbocycles. The second-order valence-electron chi connectivity index (χ2n) is 8.37. The average Bonchev–Trinajstić information content (AvgIpc) is 3.35. The minimum absolute atomic E-state index is 0.0699. The first-order chi connectivity index (χ1) is 15.4. The lowest BCUT2D eigenvalue weighted by molar-refractivity contribution is 0.0721. The lowest BCUT2D eigenvalue weighted by Crippen LogP contribution is -2.34. The van der Waals surface area contributed by atoms with Gasteiger partial charge in [0.05, 0.1) is 23.3 Å². The van der Waals surface area contributed by atoms with E-state index in [2.05, 4.69) is 33.9 Å². The van der Waals surface area contributed by atoms with E-state index in [1.807, 2.05) is 46.0 Å². The van der Waals surface area contributed by atoms with Gasteiger partial charge in [-0.25, -0.2) is 19.5 Å². The Morgan fingerprint density at radius 3 is 2.78 bits per heavy atom. The highest BCUT2D eigenvalue weighted by molar-refractivity contribution is 5.98. The number of aromatic nitrogens is 6. The minimum Gasteiger partial charge on any atom is -0.381 e. The Kier molecular flexibility index (Phi) is 4.73. The van der Waals surface area contributed by atoms with Gasteiger partial charge in [-0.15, -0.1) is 0 Å². The molecule has 1 aromatic carbocycles. The Morgan fingerprint density at radius 2 is 2.00 bits per heavy atom. The number of imidazole rings is 1. The van der Waals surface area contributed by atoms with E-state index in [0.717, 1.165) is 11.3 Å². The average molecular weight is 429 g/mol. The van der Waals surface area contributed by atoms with E-state index < -0.39 is 0 Å². The number of carbonyl (C=O) groups is 1. The maximum Gasteiger partial charge on any atom is 0.254 e. The highest BCUT2D eigenvalue weighted by Crippen LogP contribution is 2.21. The molecule has 5 aromatic rings. The maximum atomic E-state index is 13.6. The first-order valence-electron chi connectivity index (χ1n) is 10.5. The summed E-state index contributed by atoms with van der Waals surface area (Å²) in [6.45, 7) is 7.03. The van der Waals surface area contributed by atoms with Crippen molar-refractivity contribution in [2.24, 2.45) is 5.92 Å². The largest absolute Gasteiger partial charge is 0.381 e. The van der Waals surface area contributed by atoms with Gasteiger partial charge in [0.15, 0.2) is 11.5 Å². The molecule has 0 fully saturated rings. The van der Waals surface area contributed by atoms with Gasteiger partial charge in [-0.05, 0) is 43.2 Å². The SMILES string of the molecule is Cc1nc2c(N)nc3ccc(C(=O)N(Cc4cn5ccccc5n4)CC(C)C)cc3n2n1. The van der Waals surface area contributed by atoms with Crippen LogP contribution in [0.25, 0.3) is 22.3 Å². The molecule has 0 saturated heterocycles. The maximum absolute atomic E-state index is 13.6. The van der Waals surface area contributed by atoms with Gasteiger partial charge in [-0.2, -0.15) is 5.10 Å². The van der Waals surface area contributed by atoms with Crippen LogP contribution >= 0.6 is 0 Å². The molecule has 1 amide bonds. The van der Waals surface area contributed by atoms with E-state index in [1.54, 1.807) is 23.6 Å². The van der Waals surface area contributed by atoms with Gasteiger partial charge in [0.2, 0.25) is 0 Å². The third-order valence-corrected chi connectivity index (χ3v) is 5.27. The molecule has 2 N–H and O–H groups in total. The summed E-state index contributed by atoms with van der Waals surface area (Å²) in [6.07, 6.45) is 3.92. The Labute approximate surface area is 184 Å². The summed E-state index contributed by atoms with van der Waals surface area (Å²) >= 11 is 0. The third-order valence-electron chi connectivity index (χ3n) is 5.27. The Bertz CT molecular complexity index is 1430. The molecule has 32 heavy (non-hydrogen) atoms. The summed E-state index contributed by atoms with van der Waals surface area (Å²) in [5, 5.41) is 4.44. The number of nitrogen functional groups attached to an aromatic ring is 1. The van der Waals surface area contributed by atoms with Crippen molar-refractivity contribution in [3.8, 4) is 0 Å². The summed E-state index contributed by atoms with van der Waals surface area (Å²) < 4.78 is 3.61. The minimum atomic E-state index is -0.0699. The van der Waals surface area contributed by atoms with E-state index in [9.17, 15) is 4.79 Å². The van der Waals surface area contributed by atoms with Crippen LogP contribution in [0.15, 0.2) is 48.8 Å². The number of nitrogens with zero attached hydrogens (tertiary/aromatic N) is 7. The number of hydrogen-bond acceptors (Lipinski definition) is 6. The molecule has 5 rings (SSSR count). The normalized spacial score (nSPS) is 11.8. The molecule has 9 nitrogen and oxygen atoms in total. The molecule has 0 bridgehead atoms. The van der Waals surface area contributed by atoms with Gasteiger partial charge in [-0.1, -0.05) is 19.9 Å². The van der Waals surface area contributed by atoms with E-state index >= 15 is 0 Å². The van der Waals surface area contributed by atoms with Crippen molar-refractivity contribution < 1.29 is 4.79 Å². The predicted octanol–water partition coefficient (Wildman–Crippen LogP) is 3.11. The number of benzene rings is 1. The molecule has 0 aliphatic heterocycles. The smallest absolute Gasteiger partial charge is 0.254 e.